The molecule has 2 N–H and O–H groups in total. The van der Waals surface area contributed by atoms with Crippen LogP contribution in [0, 0.1) is 5.82 Å². The lowest BCUT2D eigenvalue weighted by atomic mass is 10.2. The number of carbonyl (C=O) groups excluding carboxylic acids is 1. The summed E-state index contributed by atoms with van der Waals surface area (Å²) < 4.78 is 13.5. The normalized spacial score (nSPS) is 10.4. The molecule has 2 amide bonds. The number of thiophene rings is 1. The van der Waals surface area contributed by atoms with Crippen LogP contribution in [-0.4, -0.2) is 16.0 Å². The molecule has 0 radical (unpaired) electrons. The number of hydrogen-bond donors (Lipinski definition) is 2. The minimum atomic E-state index is -0.389. The van der Waals surface area contributed by atoms with Crippen molar-refractivity contribution in [3.63, 3.8) is 0 Å². The van der Waals surface area contributed by atoms with Gasteiger partial charge >= 0.3 is 6.03 Å². The number of urea groups is 1. The standard InChI is InChI=1S/C17H15FN4OS/c18-14-4-2-1-3-12(14)9-21-17(23)22-10-15-16(20-7-6-19-15)13-5-8-24-11-13/h1-8,11H,9-10H2,(H2,21,22,23). The molecule has 2 heterocycles. The molecule has 0 aliphatic rings. The Hall–Kier alpha value is -2.80. The summed E-state index contributed by atoms with van der Waals surface area (Å²) in [7, 11) is 0. The average molecular weight is 342 g/mol. The number of halogens is 1. The van der Waals surface area contributed by atoms with Gasteiger partial charge in [0.1, 0.15) is 5.82 Å². The molecule has 0 spiro atoms. The van der Waals surface area contributed by atoms with Crippen LogP contribution >= 0.6 is 11.3 Å². The molecule has 0 fully saturated rings. The van der Waals surface area contributed by atoms with Gasteiger partial charge in [0.25, 0.3) is 0 Å². The maximum Gasteiger partial charge on any atom is 0.315 e. The molecule has 0 bridgehead atoms. The van der Waals surface area contributed by atoms with E-state index >= 15 is 0 Å². The van der Waals surface area contributed by atoms with Crippen LogP contribution in [0.3, 0.4) is 0 Å². The van der Waals surface area contributed by atoms with Crippen molar-refractivity contribution < 1.29 is 9.18 Å². The van der Waals surface area contributed by atoms with Crippen LogP contribution in [0.1, 0.15) is 11.3 Å². The number of amides is 2. The van der Waals surface area contributed by atoms with Gasteiger partial charge in [0.05, 0.1) is 17.9 Å². The molecule has 24 heavy (non-hydrogen) atoms. The van der Waals surface area contributed by atoms with Gasteiger partial charge in [-0.15, -0.1) is 0 Å². The van der Waals surface area contributed by atoms with Crippen molar-refractivity contribution >= 4 is 17.4 Å². The Balaban J connectivity index is 1.58. The highest BCUT2D eigenvalue weighted by Crippen LogP contribution is 2.22. The first-order valence-electron chi connectivity index (χ1n) is 7.31. The molecule has 7 heteroatoms. The average Bonchev–Trinajstić information content (AvgIpc) is 3.14. The molecule has 3 rings (SSSR count). The van der Waals surface area contributed by atoms with Crippen LogP contribution in [0.25, 0.3) is 11.3 Å². The highest BCUT2D eigenvalue weighted by molar-refractivity contribution is 7.08. The van der Waals surface area contributed by atoms with Gasteiger partial charge in [-0.3, -0.25) is 9.97 Å². The summed E-state index contributed by atoms with van der Waals surface area (Å²) in [5.41, 5.74) is 2.83. The molecule has 3 aromatic rings. The van der Waals surface area contributed by atoms with E-state index in [1.54, 1.807) is 41.9 Å². The van der Waals surface area contributed by atoms with Crippen LogP contribution in [0.15, 0.2) is 53.5 Å². The minimum Gasteiger partial charge on any atom is -0.334 e. The predicted octanol–water partition coefficient (Wildman–Crippen LogP) is 3.34. The second-order valence-corrected chi connectivity index (χ2v) is 5.77. The summed E-state index contributed by atoms with van der Waals surface area (Å²) in [6.07, 6.45) is 3.21. The molecule has 122 valence electrons. The van der Waals surface area contributed by atoms with Crippen molar-refractivity contribution in [2.45, 2.75) is 13.1 Å². The predicted molar refractivity (Wildman–Crippen MR) is 90.8 cm³/mol. The fraction of sp³-hybridized carbons (Fsp3) is 0.118. The molecule has 1 aromatic carbocycles. The van der Waals surface area contributed by atoms with Crippen LogP contribution < -0.4 is 10.6 Å². The zero-order valence-electron chi connectivity index (χ0n) is 12.7. The molecular weight excluding hydrogens is 327 g/mol. The number of hydrogen-bond acceptors (Lipinski definition) is 4. The van der Waals surface area contributed by atoms with E-state index in [1.165, 1.54) is 6.07 Å². The largest absolute Gasteiger partial charge is 0.334 e. The summed E-state index contributed by atoms with van der Waals surface area (Å²) in [4.78, 5) is 20.5. The van der Waals surface area contributed by atoms with Crippen molar-refractivity contribution in [1.29, 1.82) is 0 Å². The maximum absolute atomic E-state index is 13.5. The lowest BCUT2D eigenvalue weighted by molar-refractivity contribution is 0.240. The number of nitrogens with zero attached hydrogens (tertiary/aromatic N) is 2. The van der Waals surface area contributed by atoms with Crippen molar-refractivity contribution in [2.24, 2.45) is 0 Å². The molecule has 0 atom stereocenters. The molecule has 0 unspecified atom stereocenters. The van der Waals surface area contributed by atoms with Gasteiger partial charge in [-0.2, -0.15) is 11.3 Å². The smallest absolute Gasteiger partial charge is 0.315 e. The van der Waals surface area contributed by atoms with E-state index in [4.69, 9.17) is 0 Å². The number of carbonyl (C=O) groups is 1. The zero-order chi connectivity index (χ0) is 16.8. The third-order valence-corrected chi connectivity index (χ3v) is 4.07. The third kappa shape index (κ3) is 3.94. The Labute approximate surface area is 142 Å². The number of nitrogens with one attached hydrogen (secondary N) is 2. The van der Waals surface area contributed by atoms with Crippen molar-refractivity contribution in [3.05, 3.63) is 70.6 Å². The first-order valence-corrected chi connectivity index (χ1v) is 8.26. The molecular formula is C17H15FN4OS. The highest BCUT2D eigenvalue weighted by Gasteiger charge is 2.10. The fourth-order valence-corrected chi connectivity index (χ4v) is 2.82. The summed E-state index contributed by atoms with van der Waals surface area (Å²) in [6, 6.07) is 7.90. The zero-order valence-corrected chi connectivity index (χ0v) is 13.5. The second-order valence-electron chi connectivity index (χ2n) is 4.99. The van der Waals surface area contributed by atoms with Gasteiger partial charge in [0.2, 0.25) is 0 Å². The lowest BCUT2D eigenvalue weighted by Crippen LogP contribution is -2.35. The Kier molecular flexibility index (Phi) is 5.12. The van der Waals surface area contributed by atoms with Crippen LogP contribution in [-0.2, 0) is 13.1 Å². The second kappa shape index (κ2) is 7.65. The molecule has 0 saturated heterocycles. The van der Waals surface area contributed by atoms with Crippen LogP contribution in [0.5, 0.6) is 0 Å². The van der Waals surface area contributed by atoms with E-state index in [-0.39, 0.29) is 24.9 Å². The molecule has 0 saturated carbocycles. The van der Waals surface area contributed by atoms with Crippen molar-refractivity contribution in [1.82, 2.24) is 20.6 Å². The first-order chi connectivity index (χ1) is 11.7. The quantitative estimate of drug-likeness (QED) is 0.747. The van der Waals surface area contributed by atoms with Crippen LogP contribution in [0.2, 0.25) is 0 Å². The van der Waals surface area contributed by atoms with Crippen molar-refractivity contribution in [3.8, 4) is 11.3 Å². The topological polar surface area (TPSA) is 66.9 Å². The van der Waals surface area contributed by atoms with Gasteiger partial charge in [-0.1, -0.05) is 18.2 Å². The number of aromatic nitrogens is 2. The molecule has 2 aromatic heterocycles. The van der Waals surface area contributed by atoms with E-state index in [0.29, 0.717) is 11.3 Å². The Bertz CT molecular complexity index is 823. The number of benzene rings is 1. The Morgan fingerprint density at radius 2 is 1.88 bits per heavy atom. The van der Waals surface area contributed by atoms with Gasteiger partial charge in [-0.05, 0) is 17.5 Å². The number of rotatable bonds is 5. The minimum absolute atomic E-state index is 0.121. The highest BCUT2D eigenvalue weighted by atomic mass is 32.1. The Morgan fingerprint density at radius 1 is 1.08 bits per heavy atom. The summed E-state index contributed by atoms with van der Waals surface area (Å²) >= 11 is 1.57. The SMILES string of the molecule is O=C(NCc1ccccc1F)NCc1nccnc1-c1ccsc1. The van der Waals surface area contributed by atoms with Gasteiger partial charge < -0.3 is 10.6 Å². The first kappa shape index (κ1) is 16.1. The summed E-state index contributed by atoms with van der Waals surface area (Å²) in [5, 5.41) is 9.29. The van der Waals surface area contributed by atoms with E-state index < -0.39 is 0 Å². The molecule has 0 aliphatic carbocycles. The molecule has 5 nitrogen and oxygen atoms in total. The van der Waals surface area contributed by atoms with Gasteiger partial charge in [0.15, 0.2) is 0 Å². The Morgan fingerprint density at radius 3 is 2.67 bits per heavy atom. The summed E-state index contributed by atoms with van der Waals surface area (Å²) in [5.74, 6) is -0.341. The fourth-order valence-electron chi connectivity index (χ4n) is 2.18. The summed E-state index contributed by atoms with van der Waals surface area (Å²) in [6.45, 7) is 0.360. The van der Waals surface area contributed by atoms with Gasteiger partial charge in [0, 0.05) is 35.4 Å². The van der Waals surface area contributed by atoms with Crippen LogP contribution in [0.4, 0.5) is 9.18 Å². The van der Waals surface area contributed by atoms with Crippen molar-refractivity contribution in [2.75, 3.05) is 0 Å². The monoisotopic (exact) mass is 342 g/mol. The van der Waals surface area contributed by atoms with E-state index in [9.17, 15) is 9.18 Å². The maximum atomic E-state index is 13.5. The van der Waals surface area contributed by atoms with Gasteiger partial charge in [-0.25, -0.2) is 9.18 Å². The van der Waals surface area contributed by atoms with E-state index in [2.05, 4.69) is 20.6 Å². The van der Waals surface area contributed by atoms with E-state index in [0.717, 1.165) is 11.3 Å². The van der Waals surface area contributed by atoms with E-state index in [1.807, 2.05) is 16.8 Å². The molecule has 0 aliphatic heterocycles. The lowest BCUT2D eigenvalue weighted by Gasteiger charge is -2.10. The third-order valence-electron chi connectivity index (χ3n) is 3.38.